The lowest BCUT2D eigenvalue weighted by Crippen LogP contribution is -2.13. The number of alkyl halides is 1. The average Bonchev–Trinajstić information content (AvgIpc) is 2.09. The van der Waals surface area contributed by atoms with E-state index in [1.807, 2.05) is 0 Å². The first kappa shape index (κ1) is 9.80. The normalized spacial score (nSPS) is 9.69. The third-order valence-corrected chi connectivity index (χ3v) is 1.65. The Bertz CT molecular complexity index is 330. The molecule has 0 heterocycles. The van der Waals surface area contributed by atoms with Crippen LogP contribution in [0.25, 0.3) is 0 Å². The summed E-state index contributed by atoms with van der Waals surface area (Å²) in [5, 5.41) is 2.42. The molecule has 13 heavy (non-hydrogen) atoms. The van der Waals surface area contributed by atoms with E-state index in [-0.39, 0.29) is 17.5 Å². The van der Waals surface area contributed by atoms with Crippen LogP contribution >= 0.6 is 11.6 Å². The molecule has 0 saturated carbocycles. The van der Waals surface area contributed by atoms with Gasteiger partial charge < -0.3 is 11.1 Å². The monoisotopic (exact) mass is 202 g/mol. The zero-order valence-electron chi connectivity index (χ0n) is 6.68. The minimum atomic E-state index is -0.443. The Kier molecular flexibility index (Phi) is 3.08. The summed E-state index contributed by atoms with van der Waals surface area (Å²) in [5.74, 6) is -0.974. The predicted molar refractivity (Wildman–Crippen MR) is 50.2 cm³/mol. The summed E-state index contributed by atoms with van der Waals surface area (Å²) in [4.78, 5) is 10.8. The van der Waals surface area contributed by atoms with Gasteiger partial charge in [-0.15, -0.1) is 11.6 Å². The van der Waals surface area contributed by atoms with Crippen molar-refractivity contribution in [3.8, 4) is 0 Å². The highest BCUT2D eigenvalue weighted by Gasteiger charge is 2.03. The van der Waals surface area contributed by atoms with Crippen molar-refractivity contribution in [2.75, 3.05) is 16.9 Å². The van der Waals surface area contributed by atoms with Gasteiger partial charge in [0.05, 0.1) is 11.4 Å². The first-order chi connectivity index (χ1) is 6.13. The molecule has 0 atom stereocenters. The van der Waals surface area contributed by atoms with E-state index in [0.717, 1.165) is 6.07 Å². The van der Waals surface area contributed by atoms with Gasteiger partial charge >= 0.3 is 0 Å². The summed E-state index contributed by atoms with van der Waals surface area (Å²) in [6.07, 6.45) is 0. The van der Waals surface area contributed by atoms with E-state index in [2.05, 4.69) is 5.32 Å². The van der Waals surface area contributed by atoms with Crippen LogP contribution in [0, 0.1) is 5.82 Å². The highest BCUT2D eigenvalue weighted by molar-refractivity contribution is 6.29. The summed E-state index contributed by atoms with van der Waals surface area (Å²) in [5.41, 5.74) is 5.97. The van der Waals surface area contributed by atoms with Crippen molar-refractivity contribution in [1.29, 1.82) is 0 Å². The maximum absolute atomic E-state index is 12.5. The molecule has 0 aliphatic heterocycles. The molecule has 0 saturated heterocycles. The number of nitrogens with one attached hydrogen (secondary N) is 1. The summed E-state index contributed by atoms with van der Waals surface area (Å²) in [6, 6.07) is 3.72. The number of anilines is 2. The highest BCUT2D eigenvalue weighted by atomic mass is 35.5. The van der Waals surface area contributed by atoms with Crippen molar-refractivity contribution in [3.63, 3.8) is 0 Å². The van der Waals surface area contributed by atoms with Gasteiger partial charge in [0.1, 0.15) is 11.7 Å². The van der Waals surface area contributed by atoms with E-state index in [9.17, 15) is 9.18 Å². The zero-order valence-corrected chi connectivity index (χ0v) is 7.44. The molecule has 0 bridgehead atoms. The van der Waals surface area contributed by atoms with Crippen molar-refractivity contribution in [2.45, 2.75) is 0 Å². The first-order valence-electron chi connectivity index (χ1n) is 3.54. The minimum Gasteiger partial charge on any atom is -0.397 e. The summed E-state index contributed by atoms with van der Waals surface area (Å²) < 4.78 is 12.5. The van der Waals surface area contributed by atoms with E-state index < -0.39 is 5.82 Å². The van der Waals surface area contributed by atoms with Crippen LogP contribution in [0.1, 0.15) is 0 Å². The van der Waals surface area contributed by atoms with Crippen LogP contribution < -0.4 is 11.1 Å². The Balaban J connectivity index is 2.83. The van der Waals surface area contributed by atoms with Crippen LogP contribution in [0.5, 0.6) is 0 Å². The molecule has 1 aromatic carbocycles. The lowest BCUT2D eigenvalue weighted by atomic mass is 10.2. The number of rotatable bonds is 2. The molecule has 3 nitrogen and oxygen atoms in total. The largest absolute Gasteiger partial charge is 0.397 e. The molecule has 0 aromatic heterocycles. The topological polar surface area (TPSA) is 55.1 Å². The fourth-order valence-electron chi connectivity index (χ4n) is 0.831. The van der Waals surface area contributed by atoms with E-state index >= 15 is 0 Å². The standard InChI is InChI=1S/C8H8ClFN2O/c9-4-8(13)12-7-2-1-5(10)3-6(7)11/h1-3H,4,11H2,(H,12,13). The molecule has 5 heteroatoms. The van der Waals surface area contributed by atoms with Crippen LogP contribution in [0.4, 0.5) is 15.8 Å². The Morgan fingerprint density at radius 2 is 2.31 bits per heavy atom. The molecular weight excluding hydrogens is 195 g/mol. The number of hydrogen-bond acceptors (Lipinski definition) is 2. The fraction of sp³-hybridized carbons (Fsp3) is 0.125. The zero-order chi connectivity index (χ0) is 9.84. The van der Waals surface area contributed by atoms with Crippen LogP contribution in [0.2, 0.25) is 0 Å². The molecule has 0 aliphatic rings. The number of hydrogen-bond donors (Lipinski definition) is 2. The molecule has 1 aromatic rings. The number of nitrogen functional groups attached to an aromatic ring is 1. The number of carbonyl (C=O) groups is 1. The molecule has 3 N–H and O–H groups in total. The Hall–Kier alpha value is -1.29. The average molecular weight is 203 g/mol. The quantitative estimate of drug-likeness (QED) is 0.565. The van der Waals surface area contributed by atoms with Crippen molar-refractivity contribution >= 4 is 28.9 Å². The molecule has 1 amide bonds. The van der Waals surface area contributed by atoms with Gasteiger partial charge in [0.25, 0.3) is 0 Å². The van der Waals surface area contributed by atoms with Crippen LogP contribution in [0.15, 0.2) is 18.2 Å². The molecule has 0 radical (unpaired) electrons. The molecule has 0 spiro atoms. The maximum atomic E-state index is 12.5. The van der Waals surface area contributed by atoms with Gasteiger partial charge in [0.2, 0.25) is 5.91 Å². The second-order valence-corrected chi connectivity index (χ2v) is 2.68. The van der Waals surface area contributed by atoms with Crippen molar-refractivity contribution in [1.82, 2.24) is 0 Å². The van der Waals surface area contributed by atoms with Gasteiger partial charge in [0.15, 0.2) is 0 Å². The summed E-state index contributed by atoms with van der Waals surface area (Å²) in [6.45, 7) is 0. The van der Waals surface area contributed by atoms with Gasteiger partial charge in [-0.3, -0.25) is 4.79 Å². The molecule has 0 aliphatic carbocycles. The molecule has 1 rings (SSSR count). The lowest BCUT2D eigenvalue weighted by molar-refractivity contribution is -0.113. The molecule has 0 fully saturated rings. The smallest absolute Gasteiger partial charge is 0.239 e. The van der Waals surface area contributed by atoms with E-state index in [4.69, 9.17) is 17.3 Å². The van der Waals surface area contributed by atoms with Crippen molar-refractivity contribution in [2.24, 2.45) is 0 Å². The van der Waals surface area contributed by atoms with Crippen LogP contribution in [-0.4, -0.2) is 11.8 Å². The van der Waals surface area contributed by atoms with E-state index in [1.165, 1.54) is 12.1 Å². The molecular formula is C8H8ClFN2O. The Morgan fingerprint density at radius 3 is 2.85 bits per heavy atom. The number of carbonyl (C=O) groups excluding carboxylic acids is 1. The third kappa shape index (κ3) is 2.59. The minimum absolute atomic E-state index is 0.156. The number of halogens is 2. The Morgan fingerprint density at radius 1 is 1.62 bits per heavy atom. The van der Waals surface area contributed by atoms with Gasteiger partial charge in [-0.25, -0.2) is 4.39 Å². The summed E-state index contributed by atoms with van der Waals surface area (Å²) >= 11 is 5.26. The van der Waals surface area contributed by atoms with E-state index in [1.54, 1.807) is 0 Å². The number of benzene rings is 1. The van der Waals surface area contributed by atoms with Gasteiger partial charge in [-0.2, -0.15) is 0 Å². The second kappa shape index (κ2) is 4.09. The first-order valence-corrected chi connectivity index (χ1v) is 4.08. The molecule has 70 valence electrons. The maximum Gasteiger partial charge on any atom is 0.239 e. The fourth-order valence-corrected chi connectivity index (χ4v) is 0.898. The van der Waals surface area contributed by atoms with Crippen molar-refractivity contribution < 1.29 is 9.18 Å². The van der Waals surface area contributed by atoms with Gasteiger partial charge in [-0.05, 0) is 18.2 Å². The van der Waals surface area contributed by atoms with Gasteiger partial charge in [-0.1, -0.05) is 0 Å². The third-order valence-electron chi connectivity index (χ3n) is 1.41. The van der Waals surface area contributed by atoms with E-state index in [0.29, 0.717) is 5.69 Å². The van der Waals surface area contributed by atoms with Crippen LogP contribution in [0.3, 0.4) is 0 Å². The SMILES string of the molecule is Nc1cc(F)ccc1NC(=O)CCl. The highest BCUT2D eigenvalue weighted by Crippen LogP contribution is 2.18. The molecule has 0 unspecified atom stereocenters. The second-order valence-electron chi connectivity index (χ2n) is 2.41. The Labute approximate surface area is 79.7 Å². The van der Waals surface area contributed by atoms with Crippen molar-refractivity contribution in [3.05, 3.63) is 24.0 Å². The van der Waals surface area contributed by atoms with Gasteiger partial charge in [0, 0.05) is 0 Å². The van der Waals surface area contributed by atoms with Crippen LogP contribution in [-0.2, 0) is 4.79 Å². The number of amides is 1. The summed E-state index contributed by atoms with van der Waals surface area (Å²) in [7, 11) is 0. The predicted octanol–water partition coefficient (Wildman–Crippen LogP) is 1.59. The number of nitrogens with two attached hydrogens (primary N) is 1. The lowest BCUT2D eigenvalue weighted by Gasteiger charge is -2.05.